The second-order valence-corrected chi connectivity index (χ2v) is 5.89. The lowest BCUT2D eigenvalue weighted by atomic mass is 10.1. The fraction of sp³-hybridized carbons (Fsp3) is 0.263. The van der Waals surface area contributed by atoms with Crippen LogP contribution in [-0.2, 0) is 16.0 Å². The summed E-state index contributed by atoms with van der Waals surface area (Å²) >= 11 is 0. The van der Waals surface area contributed by atoms with E-state index in [0.717, 1.165) is 11.3 Å². The standard InChI is InChI=1S/C19H22FN3O2/c1-23(2)19(25)12-5-14-3-8-16(9-4-14)21-13-18(24)22-17-10-6-15(20)7-11-17/h3-4,6-11,21H,5,12-13H2,1-2H3,(H,22,24). The number of rotatable bonds is 7. The Morgan fingerprint density at radius 3 is 2.16 bits per heavy atom. The van der Waals surface area contributed by atoms with Gasteiger partial charge in [0.05, 0.1) is 6.54 Å². The molecule has 0 unspecified atom stereocenters. The van der Waals surface area contributed by atoms with Crippen molar-refractivity contribution in [2.75, 3.05) is 31.3 Å². The zero-order valence-corrected chi connectivity index (χ0v) is 14.4. The lowest BCUT2D eigenvalue weighted by Gasteiger charge is -2.11. The molecule has 2 aromatic rings. The zero-order chi connectivity index (χ0) is 18.2. The summed E-state index contributed by atoms with van der Waals surface area (Å²) in [5.74, 6) is -0.463. The highest BCUT2D eigenvalue weighted by molar-refractivity contribution is 5.93. The summed E-state index contributed by atoms with van der Waals surface area (Å²) in [6, 6.07) is 13.2. The van der Waals surface area contributed by atoms with Crippen LogP contribution in [0.25, 0.3) is 0 Å². The monoisotopic (exact) mass is 343 g/mol. The Kier molecular flexibility index (Phi) is 6.51. The van der Waals surface area contributed by atoms with Crippen LogP contribution >= 0.6 is 0 Å². The molecule has 0 atom stereocenters. The minimum absolute atomic E-state index is 0.0969. The van der Waals surface area contributed by atoms with Gasteiger partial charge in [0.2, 0.25) is 11.8 Å². The molecular formula is C19H22FN3O2. The first-order valence-electron chi connectivity index (χ1n) is 8.02. The molecule has 0 saturated carbocycles. The number of hydrogen-bond acceptors (Lipinski definition) is 3. The maximum absolute atomic E-state index is 12.8. The fourth-order valence-electron chi connectivity index (χ4n) is 2.18. The molecule has 0 bridgehead atoms. The van der Waals surface area contributed by atoms with Crippen LogP contribution in [0.2, 0.25) is 0 Å². The minimum Gasteiger partial charge on any atom is -0.376 e. The Morgan fingerprint density at radius 1 is 0.960 bits per heavy atom. The second-order valence-electron chi connectivity index (χ2n) is 5.89. The Hall–Kier alpha value is -2.89. The van der Waals surface area contributed by atoms with Crippen LogP contribution in [0.5, 0.6) is 0 Å². The Morgan fingerprint density at radius 2 is 1.56 bits per heavy atom. The highest BCUT2D eigenvalue weighted by Gasteiger charge is 2.05. The molecule has 132 valence electrons. The highest BCUT2D eigenvalue weighted by Crippen LogP contribution is 2.12. The molecule has 0 aliphatic rings. The van der Waals surface area contributed by atoms with Crippen molar-refractivity contribution < 1.29 is 14.0 Å². The first kappa shape index (κ1) is 18.4. The van der Waals surface area contributed by atoms with E-state index in [-0.39, 0.29) is 24.2 Å². The summed E-state index contributed by atoms with van der Waals surface area (Å²) in [6.45, 7) is 0.107. The Labute approximate surface area is 146 Å². The number of nitrogens with zero attached hydrogens (tertiary/aromatic N) is 1. The number of nitrogens with one attached hydrogen (secondary N) is 2. The first-order chi connectivity index (χ1) is 11.9. The second kappa shape index (κ2) is 8.82. The maximum Gasteiger partial charge on any atom is 0.243 e. The molecule has 0 aliphatic carbocycles. The van der Waals surface area contributed by atoms with Gasteiger partial charge in [0.25, 0.3) is 0 Å². The number of carbonyl (C=O) groups is 2. The molecule has 0 saturated heterocycles. The molecule has 6 heteroatoms. The molecule has 2 N–H and O–H groups in total. The van der Waals surface area contributed by atoms with Gasteiger partial charge in [0.15, 0.2) is 0 Å². The third kappa shape index (κ3) is 6.25. The van der Waals surface area contributed by atoms with E-state index in [9.17, 15) is 14.0 Å². The van der Waals surface area contributed by atoms with Crippen molar-refractivity contribution in [3.05, 3.63) is 59.9 Å². The Balaban J connectivity index is 1.78. The van der Waals surface area contributed by atoms with Crippen LogP contribution < -0.4 is 10.6 Å². The average Bonchev–Trinajstić information content (AvgIpc) is 2.60. The molecule has 5 nitrogen and oxygen atoms in total. The van der Waals surface area contributed by atoms with Crippen LogP contribution in [0.1, 0.15) is 12.0 Å². The van der Waals surface area contributed by atoms with Crippen molar-refractivity contribution in [2.45, 2.75) is 12.8 Å². The van der Waals surface area contributed by atoms with Gasteiger partial charge in [-0.15, -0.1) is 0 Å². The number of amides is 2. The molecule has 0 radical (unpaired) electrons. The predicted molar refractivity (Wildman–Crippen MR) is 97.0 cm³/mol. The lowest BCUT2D eigenvalue weighted by Crippen LogP contribution is -2.22. The van der Waals surface area contributed by atoms with E-state index in [1.807, 2.05) is 24.3 Å². The average molecular weight is 343 g/mol. The van der Waals surface area contributed by atoms with Crippen molar-refractivity contribution >= 4 is 23.2 Å². The number of carbonyl (C=O) groups excluding carboxylic acids is 2. The summed E-state index contributed by atoms with van der Waals surface area (Å²) in [7, 11) is 3.48. The summed E-state index contributed by atoms with van der Waals surface area (Å²) < 4.78 is 12.8. The van der Waals surface area contributed by atoms with E-state index in [0.29, 0.717) is 18.5 Å². The van der Waals surface area contributed by atoms with Gasteiger partial charge < -0.3 is 15.5 Å². The van der Waals surface area contributed by atoms with Gasteiger partial charge in [-0.1, -0.05) is 12.1 Å². The molecule has 0 aliphatic heterocycles. The predicted octanol–water partition coefficient (Wildman–Crippen LogP) is 2.90. The van der Waals surface area contributed by atoms with Gasteiger partial charge in [-0.25, -0.2) is 4.39 Å². The van der Waals surface area contributed by atoms with Gasteiger partial charge in [0.1, 0.15) is 5.82 Å². The topological polar surface area (TPSA) is 61.4 Å². The van der Waals surface area contributed by atoms with Gasteiger partial charge >= 0.3 is 0 Å². The maximum atomic E-state index is 12.8. The number of hydrogen-bond donors (Lipinski definition) is 2. The summed E-state index contributed by atoms with van der Waals surface area (Å²) in [5.41, 5.74) is 2.43. The summed E-state index contributed by atoms with van der Waals surface area (Å²) in [6.07, 6.45) is 1.15. The fourth-order valence-corrected chi connectivity index (χ4v) is 2.18. The van der Waals surface area contributed by atoms with E-state index in [1.54, 1.807) is 19.0 Å². The molecule has 0 heterocycles. The molecule has 2 amide bonds. The third-order valence-electron chi connectivity index (χ3n) is 3.66. The first-order valence-corrected chi connectivity index (χ1v) is 8.02. The molecule has 25 heavy (non-hydrogen) atoms. The molecular weight excluding hydrogens is 321 g/mol. The summed E-state index contributed by atoms with van der Waals surface area (Å²) in [5, 5.41) is 5.71. The van der Waals surface area contributed by atoms with Crippen LogP contribution in [0.3, 0.4) is 0 Å². The van der Waals surface area contributed by atoms with E-state index in [4.69, 9.17) is 0 Å². The molecule has 0 fully saturated rings. The van der Waals surface area contributed by atoms with Crippen LogP contribution in [0.15, 0.2) is 48.5 Å². The van der Waals surface area contributed by atoms with Gasteiger partial charge in [0, 0.05) is 31.9 Å². The van der Waals surface area contributed by atoms with Gasteiger partial charge in [-0.05, 0) is 48.4 Å². The molecule has 0 spiro atoms. The van der Waals surface area contributed by atoms with Crippen molar-refractivity contribution in [3.8, 4) is 0 Å². The van der Waals surface area contributed by atoms with E-state index >= 15 is 0 Å². The van der Waals surface area contributed by atoms with Crippen molar-refractivity contribution in [3.63, 3.8) is 0 Å². The molecule has 0 aromatic heterocycles. The number of anilines is 2. The number of benzene rings is 2. The minimum atomic E-state index is -0.344. The largest absolute Gasteiger partial charge is 0.376 e. The molecule has 2 aromatic carbocycles. The number of aryl methyl sites for hydroxylation is 1. The van der Waals surface area contributed by atoms with Crippen molar-refractivity contribution in [1.82, 2.24) is 4.90 Å². The third-order valence-corrected chi connectivity index (χ3v) is 3.66. The van der Waals surface area contributed by atoms with Gasteiger partial charge in [-0.3, -0.25) is 9.59 Å². The smallest absolute Gasteiger partial charge is 0.243 e. The lowest BCUT2D eigenvalue weighted by molar-refractivity contribution is -0.128. The van der Waals surface area contributed by atoms with E-state index in [1.165, 1.54) is 24.3 Å². The van der Waals surface area contributed by atoms with Gasteiger partial charge in [-0.2, -0.15) is 0 Å². The SMILES string of the molecule is CN(C)C(=O)CCc1ccc(NCC(=O)Nc2ccc(F)cc2)cc1. The van der Waals surface area contributed by atoms with Crippen molar-refractivity contribution in [2.24, 2.45) is 0 Å². The normalized spacial score (nSPS) is 10.2. The van der Waals surface area contributed by atoms with Crippen LogP contribution in [0.4, 0.5) is 15.8 Å². The van der Waals surface area contributed by atoms with Crippen LogP contribution in [0, 0.1) is 5.82 Å². The Bertz CT molecular complexity index is 712. The van der Waals surface area contributed by atoms with Crippen LogP contribution in [-0.4, -0.2) is 37.4 Å². The van der Waals surface area contributed by atoms with Crippen molar-refractivity contribution in [1.29, 1.82) is 0 Å². The highest BCUT2D eigenvalue weighted by atomic mass is 19.1. The zero-order valence-electron chi connectivity index (χ0n) is 14.4. The van der Waals surface area contributed by atoms with E-state index in [2.05, 4.69) is 10.6 Å². The summed E-state index contributed by atoms with van der Waals surface area (Å²) in [4.78, 5) is 25.0. The van der Waals surface area contributed by atoms with E-state index < -0.39 is 0 Å². The molecule has 2 rings (SSSR count). The number of halogens is 1. The quantitative estimate of drug-likeness (QED) is 0.813.